The van der Waals surface area contributed by atoms with E-state index >= 15 is 0 Å². The van der Waals surface area contributed by atoms with E-state index in [2.05, 4.69) is 141 Å². The summed E-state index contributed by atoms with van der Waals surface area (Å²) in [6.45, 7) is 20.6. The molecule has 5 aliphatic rings. The van der Waals surface area contributed by atoms with Gasteiger partial charge in [0, 0.05) is 64.8 Å². The normalized spacial score (nSPS) is 23.9. The van der Waals surface area contributed by atoms with Crippen LogP contribution in [0.5, 0.6) is 0 Å². The number of anilines is 1. The molecule has 0 radical (unpaired) electrons. The molecule has 7 rings (SSSR count). The summed E-state index contributed by atoms with van der Waals surface area (Å²) < 4.78 is 46.2. The summed E-state index contributed by atoms with van der Waals surface area (Å²) in [5.41, 5.74) is 9.31. The molecule has 0 unspecified atom stereocenters. The molecule has 7 atom stereocenters. The summed E-state index contributed by atoms with van der Waals surface area (Å²) in [5.74, 6) is -0.470. The standard InChI is InChI=1S/C67H92ClN3O10S/c1-10-65(4,5)64(76)81-57-42-45(2)41-49-29-28-46(3)52(62(49)57)33-32-50(72)43-51(73)44-61(75)80-39-36-69-60(74)27-12-11-17-37-70-55-25-15-13-23-53(55)66(6,7)58(70)34-30-47-21-20-22-48(63(47)68)31-35-59-67(8,9)54-24-14-16-26-56(54)71(59)38-18-19-40-82(77,78)79/h13-16,23-26,28-31,34-35,41,45-46,50-52,57,62,72-73H,10-12,17-22,27,32-33,36-40,42-44H2,1-9H3,(H-,69,74,77,78,79)/p+1/t45-,46-,50+,51+,52-,57-,62-/m0/s1. The summed E-state index contributed by atoms with van der Waals surface area (Å²) in [7, 11) is -4.02. The summed E-state index contributed by atoms with van der Waals surface area (Å²) >= 11 is 7.29. The fourth-order valence-electron chi connectivity index (χ4n) is 12.9. The van der Waals surface area contributed by atoms with Crippen LogP contribution in [0, 0.1) is 29.1 Å². The maximum absolute atomic E-state index is 13.2. The topological polar surface area (TPSA) is 183 Å². The van der Waals surface area contributed by atoms with E-state index in [1.54, 1.807) is 0 Å². The molecule has 0 saturated heterocycles. The van der Waals surface area contributed by atoms with Crippen LogP contribution in [0.1, 0.15) is 170 Å². The number of rotatable bonds is 27. The SMILES string of the molecule is CCC(C)(C)C(=O)O[C@H]1C[C@@H](C)C=C2C=C[C@H](C)[C@H](CC[C@@H](O)C[C@@H](O)CC(=O)OCCNC(=O)CCCCC[N+]3=C(/C=C/C4=C(Cl)C(=C/C=C5/N(CCCCS(=O)(=O)O)c6ccccc6C5(C)C)/CCC4)C(C)(C)c4ccccc43)[C@H]21. The zero-order chi connectivity index (χ0) is 59.6. The maximum atomic E-state index is 13.2. The number of fused-ring (bicyclic) bond motifs is 3. The number of nitrogens with zero attached hydrogens (tertiary/aromatic N) is 2. The van der Waals surface area contributed by atoms with Gasteiger partial charge in [0.25, 0.3) is 10.1 Å². The number of esters is 2. The molecule has 1 amide bonds. The molecule has 82 heavy (non-hydrogen) atoms. The highest BCUT2D eigenvalue weighted by molar-refractivity contribution is 7.85. The van der Waals surface area contributed by atoms with Gasteiger partial charge >= 0.3 is 11.9 Å². The minimum atomic E-state index is -4.02. The highest BCUT2D eigenvalue weighted by atomic mass is 35.5. The molecule has 2 aromatic carbocycles. The fraction of sp³-hybridized carbons (Fsp3) is 0.582. The van der Waals surface area contributed by atoms with Crippen LogP contribution in [-0.4, -0.2) is 102 Å². The van der Waals surface area contributed by atoms with Crippen molar-refractivity contribution in [2.75, 3.05) is 36.9 Å². The Kier molecular flexibility index (Phi) is 22.1. The van der Waals surface area contributed by atoms with Crippen molar-refractivity contribution in [3.05, 3.63) is 130 Å². The van der Waals surface area contributed by atoms with Crippen molar-refractivity contribution in [2.24, 2.45) is 29.1 Å². The fourth-order valence-corrected chi connectivity index (χ4v) is 13.8. The van der Waals surface area contributed by atoms with E-state index in [4.69, 9.17) is 21.1 Å². The van der Waals surface area contributed by atoms with Gasteiger partial charge in [-0.3, -0.25) is 18.9 Å². The minimum absolute atomic E-state index is 0.0177. The predicted molar refractivity (Wildman–Crippen MR) is 328 cm³/mol. The van der Waals surface area contributed by atoms with Gasteiger partial charge in [-0.15, -0.1) is 0 Å². The molecule has 448 valence electrons. The molecule has 15 heteroatoms. The number of ether oxygens (including phenoxy) is 2. The van der Waals surface area contributed by atoms with Gasteiger partial charge in [-0.25, -0.2) is 0 Å². The highest BCUT2D eigenvalue weighted by Gasteiger charge is 2.45. The van der Waals surface area contributed by atoms with Gasteiger partial charge in [-0.05, 0) is 157 Å². The molecule has 2 aliphatic heterocycles. The lowest BCUT2D eigenvalue weighted by molar-refractivity contribution is -0.438. The third kappa shape index (κ3) is 16.2. The molecule has 0 aromatic heterocycles. The molecule has 0 spiro atoms. The first-order valence-corrected chi connectivity index (χ1v) is 32.3. The van der Waals surface area contributed by atoms with Crippen molar-refractivity contribution in [3.8, 4) is 0 Å². The van der Waals surface area contributed by atoms with Crippen LogP contribution < -0.4 is 10.2 Å². The highest BCUT2D eigenvalue weighted by Crippen LogP contribution is 2.49. The van der Waals surface area contributed by atoms with Crippen molar-refractivity contribution >= 4 is 56.7 Å². The zero-order valence-electron chi connectivity index (χ0n) is 50.2. The second kappa shape index (κ2) is 28.2. The van der Waals surface area contributed by atoms with Gasteiger partial charge in [-0.2, -0.15) is 13.0 Å². The van der Waals surface area contributed by atoms with Crippen LogP contribution in [0.25, 0.3) is 0 Å². The second-order valence-corrected chi connectivity index (χ2v) is 27.4. The largest absolute Gasteiger partial charge is 0.464 e. The Morgan fingerprint density at radius 1 is 0.927 bits per heavy atom. The van der Waals surface area contributed by atoms with Crippen LogP contribution in [0.3, 0.4) is 0 Å². The first kappa shape index (κ1) is 64.4. The van der Waals surface area contributed by atoms with Crippen LogP contribution in [-0.2, 0) is 44.8 Å². The quantitative estimate of drug-likeness (QED) is 0.0289. The number of benzene rings is 2. The summed E-state index contributed by atoms with van der Waals surface area (Å²) in [6.07, 6.45) is 22.0. The van der Waals surface area contributed by atoms with E-state index in [9.17, 15) is 37.6 Å². The number of hydrogen-bond acceptors (Lipinski definition) is 10. The number of hydrogen-bond donors (Lipinski definition) is 4. The third-order valence-corrected chi connectivity index (χ3v) is 19.3. The molecular formula is C67H93ClN3O10S+. The van der Waals surface area contributed by atoms with E-state index in [1.165, 1.54) is 28.1 Å². The lowest BCUT2D eigenvalue weighted by Gasteiger charge is -2.44. The van der Waals surface area contributed by atoms with Crippen LogP contribution in [0.2, 0.25) is 0 Å². The monoisotopic (exact) mass is 1170 g/mol. The first-order chi connectivity index (χ1) is 38.8. The Labute approximate surface area is 494 Å². The lowest BCUT2D eigenvalue weighted by atomic mass is 9.65. The van der Waals surface area contributed by atoms with Crippen LogP contribution in [0.4, 0.5) is 11.4 Å². The van der Waals surface area contributed by atoms with E-state index in [0.29, 0.717) is 51.5 Å². The average Bonchev–Trinajstić information content (AvgIpc) is 3.73. The van der Waals surface area contributed by atoms with Crippen molar-refractivity contribution in [1.82, 2.24) is 5.32 Å². The van der Waals surface area contributed by atoms with Crippen molar-refractivity contribution in [3.63, 3.8) is 0 Å². The van der Waals surface area contributed by atoms with Crippen molar-refractivity contribution in [1.29, 1.82) is 0 Å². The van der Waals surface area contributed by atoms with Gasteiger partial charge in [0.15, 0.2) is 5.71 Å². The number of para-hydroxylation sites is 2. The Morgan fingerprint density at radius 3 is 2.40 bits per heavy atom. The molecule has 3 aliphatic carbocycles. The van der Waals surface area contributed by atoms with Crippen molar-refractivity contribution < 1.29 is 51.6 Å². The van der Waals surface area contributed by atoms with Crippen LogP contribution in [0.15, 0.2) is 119 Å². The number of nitrogens with one attached hydrogen (secondary N) is 1. The van der Waals surface area contributed by atoms with Crippen LogP contribution >= 0.6 is 11.6 Å². The number of amides is 1. The van der Waals surface area contributed by atoms with E-state index in [-0.39, 0.29) is 84.2 Å². The molecule has 4 N–H and O–H groups in total. The number of carbonyl (C=O) groups is 3. The number of aliphatic hydroxyl groups is 2. The zero-order valence-corrected chi connectivity index (χ0v) is 51.8. The summed E-state index contributed by atoms with van der Waals surface area (Å²) in [5, 5.41) is 25.4. The smallest absolute Gasteiger partial charge is 0.311 e. The first-order valence-electron chi connectivity index (χ1n) is 30.3. The average molecular weight is 1170 g/mol. The van der Waals surface area contributed by atoms with Gasteiger partial charge in [-0.1, -0.05) is 113 Å². The van der Waals surface area contributed by atoms with E-state index in [0.717, 1.165) is 72.6 Å². The summed E-state index contributed by atoms with van der Waals surface area (Å²) in [4.78, 5) is 41.0. The van der Waals surface area contributed by atoms with Gasteiger partial charge in [0.2, 0.25) is 11.6 Å². The van der Waals surface area contributed by atoms with Gasteiger partial charge in [0.05, 0.1) is 41.8 Å². The Bertz CT molecular complexity index is 2960. The number of unbranched alkanes of at least 4 members (excludes halogenated alkanes) is 3. The molecule has 2 aromatic rings. The molecule has 13 nitrogen and oxygen atoms in total. The Hall–Kier alpha value is -5.12. The van der Waals surface area contributed by atoms with Gasteiger partial charge in [0.1, 0.15) is 19.3 Å². The second-order valence-electron chi connectivity index (χ2n) is 25.4. The van der Waals surface area contributed by atoms with Crippen molar-refractivity contribution in [2.45, 2.75) is 188 Å². The molecular weight excluding hydrogens is 1070 g/mol. The van der Waals surface area contributed by atoms with E-state index in [1.807, 2.05) is 26.8 Å². The minimum Gasteiger partial charge on any atom is -0.464 e. The Balaban J connectivity index is 0.861. The molecule has 2 heterocycles. The molecule has 0 saturated carbocycles. The number of allylic oxidation sites excluding steroid dienone is 11. The summed E-state index contributed by atoms with van der Waals surface area (Å²) in [6, 6.07) is 16.9. The lowest BCUT2D eigenvalue weighted by Crippen LogP contribution is -2.43. The third-order valence-electron chi connectivity index (χ3n) is 18.0. The maximum Gasteiger partial charge on any atom is 0.311 e. The predicted octanol–water partition coefficient (Wildman–Crippen LogP) is 12.8. The van der Waals surface area contributed by atoms with Gasteiger partial charge < -0.3 is 29.9 Å². The molecule has 0 bridgehead atoms. The van der Waals surface area contributed by atoms with E-state index < -0.39 is 33.7 Å². The number of aliphatic hydroxyl groups excluding tert-OH is 2. The Morgan fingerprint density at radius 2 is 1.66 bits per heavy atom. The number of carbonyl (C=O) groups excluding carboxylic acids is 3. The molecule has 0 fully saturated rings. The number of halogens is 1.